The Morgan fingerprint density at radius 1 is 0.857 bits per heavy atom. The van der Waals surface area contributed by atoms with Crippen molar-refractivity contribution in [1.29, 1.82) is 0 Å². The number of unbranched alkanes of at least 4 members (excludes halogenated alkanes) is 1. The molecule has 28 heavy (non-hydrogen) atoms. The highest BCUT2D eigenvalue weighted by Crippen LogP contribution is 2.37. The van der Waals surface area contributed by atoms with Gasteiger partial charge in [-0.1, -0.05) is 69.6 Å². The molecule has 0 spiro atoms. The standard InChI is InChI=1S/C28H40/c1-3-5-8-24-11-13-25(14-12-24)9-6-7-10-26-17-21-28(22-18-26)27-19-15-23(4-2)16-20-27/h6,9,17-18,21-25,27H,3-5,8,11-16,19-20H2,1-2H3/b9-6+. The van der Waals surface area contributed by atoms with Crippen LogP contribution in [0.2, 0.25) is 0 Å². The molecule has 0 heteroatoms. The Hall–Kier alpha value is -1.48. The fraction of sp³-hybridized carbons (Fsp3) is 0.643. The second kappa shape index (κ2) is 11.5. The maximum atomic E-state index is 3.33. The molecular formula is C28H40. The second-order valence-electron chi connectivity index (χ2n) is 9.30. The van der Waals surface area contributed by atoms with Gasteiger partial charge in [-0.15, -0.1) is 0 Å². The van der Waals surface area contributed by atoms with E-state index in [1.165, 1.54) is 82.6 Å². The topological polar surface area (TPSA) is 0 Å². The lowest BCUT2D eigenvalue weighted by Gasteiger charge is -2.28. The smallest absolute Gasteiger partial charge is 0.0249 e. The van der Waals surface area contributed by atoms with Gasteiger partial charge >= 0.3 is 0 Å². The predicted molar refractivity (Wildman–Crippen MR) is 122 cm³/mol. The number of allylic oxidation sites excluding steroid dienone is 2. The molecule has 0 unspecified atom stereocenters. The van der Waals surface area contributed by atoms with Gasteiger partial charge in [0.05, 0.1) is 0 Å². The summed E-state index contributed by atoms with van der Waals surface area (Å²) >= 11 is 0. The fourth-order valence-electron chi connectivity index (χ4n) is 5.21. The van der Waals surface area contributed by atoms with Gasteiger partial charge in [0.15, 0.2) is 0 Å². The molecule has 2 aliphatic rings. The van der Waals surface area contributed by atoms with Crippen LogP contribution in [0.4, 0.5) is 0 Å². The Kier molecular flexibility index (Phi) is 8.72. The van der Waals surface area contributed by atoms with Crippen LogP contribution in [0.25, 0.3) is 0 Å². The summed E-state index contributed by atoms with van der Waals surface area (Å²) in [5.41, 5.74) is 2.68. The van der Waals surface area contributed by atoms with Crippen LogP contribution in [0.15, 0.2) is 36.4 Å². The minimum Gasteiger partial charge on any atom is -0.0730 e. The van der Waals surface area contributed by atoms with Gasteiger partial charge in [-0.25, -0.2) is 0 Å². The molecule has 0 bridgehead atoms. The van der Waals surface area contributed by atoms with E-state index in [4.69, 9.17) is 0 Å². The van der Waals surface area contributed by atoms with E-state index in [0.29, 0.717) is 0 Å². The Bertz CT molecular complexity index is 638. The van der Waals surface area contributed by atoms with Crippen LogP contribution in [0.5, 0.6) is 0 Å². The van der Waals surface area contributed by atoms with Crippen molar-refractivity contribution in [2.45, 2.75) is 96.8 Å². The Balaban J connectivity index is 1.43. The van der Waals surface area contributed by atoms with Crippen molar-refractivity contribution >= 4 is 0 Å². The van der Waals surface area contributed by atoms with E-state index >= 15 is 0 Å². The van der Waals surface area contributed by atoms with Crippen molar-refractivity contribution in [3.63, 3.8) is 0 Å². The molecule has 0 N–H and O–H groups in total. The van der Waals surface area contributed by atoms with Gasteiger partial charge in [-0.2, -0.15) is 0 Å². The van der Waals surface area contributed by atoms with Crippen molar-refractivity contribution in [2.24, 2.45) is 17.8 Å². The first-order valence-corrected chi connectivity index (χ1v) is 12.1. The molecular weight excluding hydrogens is 336 g/mol. The van der Waals surface area contributed by atoms with Crippen LogP contribution in [0, 0.1) is 29.6 Å². The molecule has 2 aliphatic carbocycles. The van der Waals surface area contributed by atoms with Crippen molar-refractivity contribution in [1.82, 2.24) is 0 Å². The molecule has 0 amide bonds. The zero-order chi connectivity index (χ0) is 19.6. The first-order chi connectivity index (χ1) is 13.8. The summed E-state index contributed by atoms with van der Waals surface area (Å²) in [4.78, 5) is 0. The number of rotatable bonds is 6. The Morgan fingerprint density at radius 3 is 2.18 bits per heavy atom. The number of benzene rings is 1. The second-order valence-corrected chi connectivity index (χ2v) is 9.30. The van der Waals surface area contributed by atoms with E-state index < -0.39 is 0 Å². The molecule has 0 radical (unpaired) electrons. The first kappa shape index (κ1) is 21.2. The van der Waals surface area contributed by atoms with Crippen molar-refractivity contribution in [3.05, 3.63) is 47.5 Å². The lowest BCUT2D eigenvalue weighted by atomic mass is 9.78. The molecule has 1 aromatic rings. The first-order valence-electron chi connectivity index (χ1n) is 12.1. The zero-order valence-electron chi connectivity index (χ0n) is 18.3. The summed E-state index contributed by atoms with van der Waals surface area (Å²) in [7, 11) is 0. The van der Waals surface area contributed by atoms with Gasteiger partial charge < -0.3 is 0 Å². The SMILES string of the molecule is CCCCC1CCC(/C=C/C#Cc2ccc(C3CCC(CC)CC3)cc2)CC1. The van der Waals surface area contributed by atoms with E-state index in [-0.39, 0.29) is 0 Å². The van der Waals surface area contributed by atoms with Gasteiger partial charge in [0.1, 0.15) is 0 Å². The minimum atomic E-state index is 0.757. The van der Waals surface area contributed by atoms with Crippen molar-refractivity contribution in [3.8, 4) is 11.8 Å². The highest BCUT2D eigenvalue weighted by Gasteiger charge is 2.21. The van der Waals surface area contributed by atoms with Gasteiger partial charge in [0.2, 0.25) is 0 Å². The van der Waals surface area contributed by atoms with Crippen molar-refractivity contribution < 1.29 is 0 Å². The molecule has 1 aromatic carbocycles. The van der Waals surface area contributed by atoms with E-state index in [2.05, 4.69) is 62.1 Å². The van der Waals surface area contributed by atoms with Gasteiger partial charge in [-0.3, -0.25) is 0 Å². The van der Waals surface area contributed by atoms with Crippen LogP contribution in [0.3, 0.4) is 0 Å². The highest BCUT2D eigenvalue weighted by molar-refractivity contribution is 5.39. The van der Waals surface area contributed by atoms with Crippen LogP contribution in [-0.4, -0.2) is 0 Å². The number of hydrogen-bond donors (Lipinski definition) is 0. The number of hydrogen-bond acceptors (Lipinski definition) is 0. The van der Waals surface area contributed by atoms with Crippen LogP contribution >= 0.6 is 0 Å². The molecule has 0 nitrogen and oxygen atoms in total. The third-order valence-corrected chi connectivity index (χ3v) is 7.33. The molecule has 0 saturated heterocycles. The maximum absolute atomic E-state index is 3.33. The predicted octanol–water partition coefficient (Wildman–Crippen LogP) is 8.27. The van der Waals surface area contributed by atoms with Gasteiger partial charge in [0, 0.05) is 5.56 Å². The van der Waals surface area contributed by atoms with E-state index in [0.717, 1.165) is 29.2 Å². The molecule has 0 aliphatic heterocycles. The third kappa shape index (κ3) is 6.55. The molecule has 3 rings (SSSR count). The average molecular weight is 377 g/mol. The summed E-state index contributed by atoms with van der Waals surface area (Å²) in [6, 6.07) is 9.09. The molecule has 2 saturated carbocycles. The minimum absolute atomic E-state index is 0.757. The van der Waals surface area contributed by atoms with E-state index in [1.807, 2.05) is 0 Å². The lowest BCUT2D eigenvalue weighted by molar-refractivity contribution is 0.291. The normalized spacial score (nSPS) is 28.1. The zero-order valence-corrected chi connectivity index (χ0v) is 18.3. The third-order valence-electron chi connectivity index (χ3n) is 7.33. The highest BCUT2D eigenvalue weighted by atomic mass is 14.3. The molecule has 0 heterocycles. The monoisotopic (exact) mass is 376 g/mol. The molecule has 0 atom stereocenters. The van der Waals surface area contributed by atoms with Gasteiger partial charge in [-0.05, 0) is 98.8 Å². The summed E-state index contributed by atoms with van der Waals surface area (Å²) < 4.78 is 0. The molecule has 2 fully saturated rings. The van der Waals surface area contributed by atoms with E-state index in [1.54, 1.807) is 0 Å². The summed E-state index contributed by atoms with van der Waals surface area (Å²) in [6.07, 6.45) is 21.2. The maximum Gasteiger partial charge on any atom is 0.0249 e. The Labute approximate surface area is 174 Å². The van der Waals surface area contributed by atoms with Crippen LogP contribution in [-0.2, 0) is 0 Å². The summed E-state index contributed by atoms with van der Waals surface area (Å²) in [5.74, 6) is 10.1. The molecule has 0 aromatic heterocycles. The summed E-state index contributed by atoms with van der Waals surface area (Å²) in [5, 5.41) is 0. The Morgan fingerprint density at radius 2 is 1.54 bits per heavy atom. The fourth-order valence-corrected chi connectivity index (χ4v) is 5.21. The largest absolute Gasteiger partial charge is 0.0730 e. The van der Waals surface area contributed by atoms with Crippen LogP contribution in [0.1, 0.15) is 108 Å². The molecule has 152 valence electrons. The lowest BCUT2D eigenvalue weighted by Crippen LogP contribution is -2.12. The quantitative estimate of drug-likeness (QED) is 0.438. The van der Waals surface area contributed by atoms with Crippen molar-refractivity contribution in [2.75, 3.05) is 0 Å². The van der Waals surface area contributed by atoms with E-state index in [9.17, 15) is 0 Å². The van der Waals surface area contributed by atoms with Gasteiger partial charge in [0.25, 0.3) is 0 Å². The van der Waals surface area contributed by atoms with Crippen LogP contribution < -0.4 is 0 Å². The average Bonchev–Trinajstić information content (AvgIpc) is 2.76. The summed E-state index contributed by atoms with van der Waals surface area (Å²) in [6.45, 7) is 4.64.